The van der Waals surface area contributed by atoms with Gasteiger partial charge in [-0.05, 0) is 27.2 Å². The van der Waals surface area contributed by atoms with Crippen LogP contribution in [0.1, 0.15) is 57.5 Å². The molecular formula is C20H29F4N3O3. The lowest BCUT2D eigenvalue weighted by Crippen LogP contribution is -2.40. The highest BCUT2D eigenvalue weighted by Crippen LogP contribution is 2.45. The van der Waals surface area contributed by atoms with E-state index in [1.165, 1.54) is 9.58 Å². The molecule has 1 aromatic rings. The zero-order chi connectivity index (χ0) is 22.3. The summed E-state index contributed by atoms with van der Waals surface area (Å²) in [6.45, 7) is 6.69. The van der Waals surface area contributed by atoms with Crippen LogP contribution in [-0.2, 0) is 34.9 Å². The van der Waals surface area contributed by atoms with E-state index in [9.17, 15) is 13.6 Å². The summed E-state index contributed by atoms with van der Waals surface area (Å²) in [4.78, 5) is 13.8. The monoisotopic (exact) mass is 435 g/mol. The molecule has 0 spiro atoms. The minimum absolute atomic E-state index is 0.00771. The molecule has 0 saturated heterocycles. The Kier molecular flexibility index (Phi) is 6.10. The summed E-state index contributed by atoms with van der Waals surface area (Å²) in [6.07, 6.45) is -3.13. The molecule has 2 aliphatic rings. The number of ether oxygens (including phenoxy) is 2. The number of carbonyl (C=O) groups excluding carboxylic acids is 1. The van der Waals surface area contributed by atoms with E-state index in [2.05, 4.69) is 5.10 Å². The lowest BCUT2D eigenvalue weighted by atomic mass is 9.85. The number of hydrogen-bond donors (Lipinski definition) is 0. The first-order valence-corrected chi connectivity index (χ1v) is 10.1. The minimum atomic E-state index is -3.14. The number of aromatic nitrogens is 2. The molecule has 0 N–H and O–H groups in total. The van der Waals surface area contributed by atoms with Gasteiger partial charge in [-0.15, -0.1) is 0 Å². The number of halogens is 4. The zero-order valence-corrected chi connectivity index (χ0v) is 17.8. The molecule has 0 bridgehead atoms. The summed E-state index contributed by atoms with van der Waals surface area (Å²) in [6, 6.07) is 0. The molecule has 3 rings (SSSR count). The molecule has 1 atom stereocenters. The van der Waals surface area contributed by atoms with Gasteiger partial charge in [0.1, 0.15) is 17.9 Å². The van der Waals surface area contributed by atoms with E-state index in [4.69, 9.17) is 9.47 Å². The maximum atomic E-state index is 15.1. The Hall–Kier alpha value is -1.84. The normalized spacial score (nSPS) is 23.7. The van der Waals surface area contributed by atoms with Crippen LogP contribution in [0.3, 0.4) is 0 Å². The van der Waals surface area contributed by atoms with Gasteiger partial charge in [-0.25, -0.2) is 13.6 Å². The molecule has 3 heterocycles. The van der Waals surface area contributed by atoms with E-state index >= 15 is 8.78 Å². The Bertz CT molecular complexity index is 791. The van der Waals surface area contributed by atoms with E-state index in [1.54, 1.807) is 27.7 Å². The number of fused-ring (bicyclic) bond motifs is 3. The van der Waals surface area contributed by atoms with Crippen LogP contribution in [0.25, 0.3) is 0 Å². The van der Waals surface area contributed by atoms with Gasteiger partial charge in [0.2, 0.25) is 0 Å². The topological polar surface area (TPSA) is 56.6 Å². The standard InChI is InChI=1S/C20H29F4N3O3/c1-18(2,3)30-17(28)26-8-5-14-13(9-26)16-20(23,24)7-6-19(4,11-27(16)25-14)12-29-10-15(21)22/h15H,5-12H2,1-4H3/t19-/m0/s1. The molecule has 170 valence electrons. The fraction of sp³-hybridized carbons (Fsp3) is 0.800. The number of amides is 1. The Morgan fingerprint density at radius 3 is 2.60 bits per heavy atom. The first-order valence-electron chi connectivity index (χ1n) is 10.1. The van der Waals surface area contributed by atoms with Gasteiger partial charge in [-0.3, -0.25) is 4.68 Å². The van der Waals surface area contributed by atoms with Gasteiger partial charge in [0.15, 0.2) is 0 Å². The maximum absolute atomic E-state index is 15.1. The molecule has 2 aliphatic heterocycles. The zero-order valence-electron chi connectivity index (χ0n) is 17.8. The van der Waals surface area contributed by atoms with Gasteiger partial charge < -0.3 is 14.4 Å². The molecule has 30 heavy (non-hydrogen) atoms. The van der Waals surface area contributed by atoms with Crippen LogP contribution in [-0.4, -0.2) is 52.6 Å². The number of alkyl halides is 4. The summed E-state index contributed by atoms with van der Waals surface area (Å²) in [5.74, 6) is -3.14. The van der Waals surface area contributed by atoms with Gasteiger partial charge in [0.25, 0.3) is 12.3 Å². The largest absolute Gasteiger partial charge is 0.444 e. The van der Waals surface area contributed by atoms with Crippen LogP contribution >= 0.6 is 0 Å². The molecule has 1 aromatic heterocycles. The second-order valence-corrected chi connectivity index (χ2v) is 9.50. The fourth-order valence-corrected chi connectivity index (χ4v) is 3.96. The van der Waals surface area contributed by atoms with Crippen molar-refractivity contribution in [1.29, 1.82) is 0 Å². The Labute approximate surface area is 173 Å². The van der Waals surface area contributed by atoms with Gasteiger partial charge in [-0.2, -0.15) is 13.9 Å². The molecule has 0 aromatic carbocycles. The molecule has 0 fully saturated rings. The van der Waals surface area contributed by atoms with Crippen LogP contribution in [0.15, 0.2) is 0 Å². The average Bonchev–Trinajstić information content (AvgIpc) is 2.91. The Morgan fingerprint density at radius 1 is 1.27 bits per heavy atom. The molecule has 0 radical (unpaired) electrons. The van der Waals surface area contributed by atoms with Crippen molar-refractivity contribution in [3.8, 4) is 0 Å². The smallest absolute Gasteiger partial charge is 0.410 e. The van der Waals surface area contributed by atoms with Crippen molar-refractivity contribution in [2.24, 2.45) is 5.41 Å². The van der Waals surface area contributed by atoms with Gasteiger partial charge in [-0.1, -0.05) is 6.92 Å². The summed E-state index contributed by atoms with van der Waals surface area (Å²) in [5.41, 5.74) is -0.722. The number of rotatable bonds is 4. The van der Waals surface area contributed by atoms with E-state index < -0.39 is 42.5 Å². The third kappa shape index (κ3) is 5.07. The van der Waals surface area contributed by atoms with Crippen LogP contribution in [0, 0.1) is 5.41 Å². The quantitative estimate of drug-likeness (QED) is 0.660. The van der Waals surface area contributed by atoms with Crippen molar-refractivity contribution in [2.45, 2.75) is 78.0 Å². The van der Waals surface area contributed by atoms with Crippen LogP contribution < -0.4 is 0 Å². The average molecular weight is 435 g/mol. The van der Waals surface area contributed by atoms with E-state index in [1.807, 2.05) is 0 Å². The molecule has 1 amide bonds. The maximum Gasteiger partial charge on any atom is 0.410 e. The van der Waals surface area contributed by atoms with E-state index in [-0.39, 0.29) is 31.8 Å². The molecule has 0 aliphatic carbocycles. The van der Waals surface area contributed by atoms with Crippen molar-refractivity contribution in [3.05, 3.63) is 17.0 Å². The third-order valence-corrected chi connectivity index (χ3v) is 5.37. The molecule has 6 nitrogen and oxygen atoms in total. The second-order valence-electron chi connectivity index (χ2n) is 9.50. The summed E-state index contributed by atoms with van der Waals surface area (Å²) in [7, 11) is 0. The van der Waals surface area contributed by atoms with E-state index in [0.29, 0.717) is 24.2 Å². The molecular weight excluding hydrogens is 406 g/mol. The van der Waals surface area contributed by atoms with Crippen molar-refractivity contribution < 1.29 is 31.8 Å². The van der Waals surface area contributed by atoms with Crippen LogP contribution in [0.4, 0.5) is 22.4 Å². The highest BCUT2D eigenvalue weighted by molar-refractivity contribution is 5.68. The fourth-order valence-electron chi connectivity index (χ4n) is 3.96. The lowest BCUT2D eigenvalue weighted by molar-refractivity contribution is -0.0419. The predicted molar refractivity (Wildman–Crippen MR) is 101 cm³/mol. The van der Waals surface area contributed by atoms with Crippen molar-refractivity contribution in [2.75, 3.05) is 19.8 Å². The van der Waals surface area contributed by atoms with Crippen molar-refractivity contribution in [3.63, 3.8) is 0 Å². The van der Waals surface area contributed by atoms with Crippen molar-refractivity contribution >= 4 is 6.09 Å². The third-order valence-electron chi connectivity index (χ3n) is 5.37. The van der Waals surface area contributed by atoms with Gasteiger partial charge >= 0.3 is 6.09 Å². The minimum Gasteiger partial charge on any atom is -0.444 e. The molecule has 10 heteroatoms. The highest BCUT2D eigenvalue weighted by Gasteiger charge is 2.46. The summed E-state index contributed by atoms with van der Waals surface area (Å²) in [5, 5.41) is 4.41. The first-order chi connectivity index (χ1) is 13.8. The Morgan fingerprint density at radius 2 is 1.97 bits per heavy atom. The number of nitrogens with zero attached hydrogens (tertiary/aromatic N) is 3. The predicted octanol–water partition coefficient (Wildman–Crippen LogP) is 4.35. The SMILES string of the molecule is CC(C)(C)OC(=O)N1CCc2nn3c(c2C1)C(F)(F)CC[C@](C)(COCC(F)F)C3. The van der Waals surface area contributed by atoms with Gasteiger partial charge in [0, 0.05) is 36.9 Å². The van der Waals surface area contributed by atoms with Crippen LogP contribution in [0.2, 0.25) is 0 Å². The van der Waals surface area contributed by atoms with E-state index in [0.717, 1.165) is 0 Å². The summed E-state index contributed by atoms with van der Waals surface area (Å²) >= 11 is 0. The van der Waals surface area contributed by atoms with Crippen molar-refractivity contribution in [1.82, 2.24) is 14.7 Å². The number of carbonyl (C=O) groups is 1. The van der Waals surface area contributed by atoms with Crippen LogP contribution in [0.5, 0.6) is 0 Å². The second kappa shape index (κ2) is 8.01. The van der Waals surface area contributed by atoms with Gasteiger partial charge in [0.05, 0.1) is 18.8 Å². The Balaban J connectivity index is 1.84. The molecule has 0 saturated carbocycles. The first kappa shape index (κ1) is 22.8. The number of hydrogen-bond acceptors (Lipinski definition) is 4. The highest BCUT2D eigenvalue weighted by atomic mass is 19.3. The summed E-state index contributed by atoms with van der Waals surface area (Å²) < 4.78 is 66.8. The lowest BCUT2D eigenvalue weighted by Gasteiger charge is -2.30. The molecule has 0 unspecified atom stereocenters.